The van der Waals surface area contributed by atoms with Crippen LogP contribution in [0.5, 0.6) is 0 Å². The summed E-state index contributed by atoms with van der Waals surface area (Å²) in [5.74, 6) is 1.01. The minimum atomic E-state index is -0.229. The lowest BCUT2D eigenvalue weighted by Gasteiger charge is -2.44. The number of pyridine rings is 2. The average molecular weight is 1020 g/mol. The number of imidazole rings is 2. The molecular weight excluding hydrogens is 932 g/mol. The Bertz CT molecular complexity index is 2760. The van der Waals surface area contributed by atoms with Gasteiger partial charge in [-0.1, -0.05) is 53.6 Å². The number of nitrogens with zero attached hydrogens (tertiary/aromatic N) is 8. The van der Waals surface area contributed by atoms with Gasteiger partial charge >= 0.3 is 0 Å². The minimum absolute atomic E-state index is 0.0197. The van der Waals surface area contributed by atoms with Crippen molar-refractivity contribution in [3.63, 3.8) is 0 Å². The van der Waals surface area contributed by atoms with Crippen LogP contribution in [0.25, 0.3) is 23.3 Å². The van der Waals surface area contributed by atoms with Crippen LogP contribution in [0.1, 0.15) is 169 Å². The zero-order chi connectivity index (χ0) is 52.6. The van der Waals surface area contributed by atoms with Gasteiger partial charge in [-0.25, -0.2) is 9.97 Å². The van der Waals surface area contributed by atoms with E-state index < -0.39 is 0 Å². The normalized spacial score (nSPS) is 21.5. The lowest BCUT2D eigenvalue weighted by molar-refractivity contribution is 0.121. The van der Waals surface area contributed by atoms with Crippen molar-refractivity contribution in [2.75, 3.05) is 26.2 Å². The van der Waals surface area contributed by atoms with Crippen LogP contribution in [0.4, 0.5) is 0 Å². The van der Waals surface area contributed by atoms with Crippen LogP contribution in [-0.4, -0.2) is 89.2 Å². The fraction of sp³-hybridized carbons (Fsp3) is 0.492. The standard InChI is InChI=1S/C32H43N5.C31H40ClN5/c1-21(2)35-30(29-19-33-20-36(29)7)27-18-24-9-8-14-34-31(24)32(6,28-11-10-23(5)17-26(27)28)25-12-15-37(16-13-25)22(3)4;1-20(2)35-29(28-18-33-19-36(28)6)26-16-22-8-7-13-34-30(22)31(5,27-10-9-24(32)17-25(26)27)23-11-14-37(15-12-23)21(3)4/h8-11,14,17-22,25,30,35H,12-13,15-16H2,1-7H3;7-10,13,16-21,23,29,35H,11-12,14-15H2,1-6H3/t30-,32+;/m1./s1. The van der Waals surface area contributed by atoms with Crippen molar-refractivity contribution in [2.24, 2.45) is 25.9 Å². The van der Waals surface area contributed by atoms with Gasteiger partial charge in [0.1, 0.15) is 0 Å². The number of benzene rings is 2. The van der Waals surface area contributed by atoms with E-state index in [2.05, 4.69) is 203 Å². The van der Waals surface area contributed by atoms with E-state index in [0.29, 0.717) is 30.0 Å². The first-order valence-corrected chi connectivity index (χ1v) is 28.0. The number of aromatic nitrogens is 6. The molecule has 2 unspecified atom stereocenters. The highest BCUT2D eigenvalue weighted by molar-refractivity contribution is 6.30. The van der Waals surface area contributed by atoms with Crippen molar-refractivity contribution in [1.29, 1.82) is 0 Å². The number of rotatable bonds is 12. The monoisotopic (exact) mass is 1010 g/mol. The molecule has 0 saturated carbocycles. The van der Waals surface area contributed by atoms with Crippen LogP contribution in [-0.2, 0) is 24.9 Å². The Labute approximate surface area is 448 Å². The summed E-state index contributed by atoms with van der Waals surface area (Å²) in [4.78, 5) is 24.4. The fourth-order valence-electron chi connectivity index (χ4n) is 13.2. The molecule has 2 aliphatic carbocycles. The number of nitrogens with one attached hydrogen (secondary N) is 2. The first kappa shape index (κ1) is 53.6. The molecule has 6 heterocycles. The number of likely N-dealkylation sites (tertiary alicyclic amines) is 2. The summed E-state index contributed by atoms with van der Waals surface area (Å²) in [7, 11) is 4.16. The molecule has 6 aromatic rings. The summed E-state index contributed by atoms with van der Waals surface area (Å²) in [5.41, 5.74) is 15.8. The van der Waals surface area contributed by atoms with E-state index in [9.17, 15) is 0 Å². The molecular formula is C63H83ClN10. The van der Waals surface area contributed by atoms with Crippen molar-refractivity contribution in [3.8, 4) is 0 Å². The van der Waals surface area contributed by atoms with Gasteiger partial charge in [0, 0.05) is 66.5 Å². The van der Waals surface area contributed by atoms with E-state index in [1.807, 2.05) is 37.4 Å². The second-order valence-electron chi connectivity index (χ2n) is 23.4. The zero-order valence-electron chi connectivity index (χ0n) is 46.6. The van der Waals surface area contributed by atoms with E-state index in [0.717, 1.165) is 49.7 Å². The van der Waals surface area contributed by atoms with E-state index in [-0.39, 0.29) is 29.0 Å². The van der Waals surface area contributed by atoms with Gasteiger partial charge in [0.2, 0.25) is 0 Å². The molecule has 0 bridgehead atoms. The SMILES string of the molecule is CC(C)NC(C1=Cc2cccnc2C(C)(C2CCN(C(C)C)CC2)c2ccc(Cl)cc21)c1cncn1C.Cc1ccc2c(c1)C([C@@H](NC(C)C)c1cncn1C)=Cc1cccnc1[C@@]2(C)C1CCN(C(C)C)CC1. The topological polar surface area (TPSA) is 92.0 Å². The summed E-state index contributed by atoms with van der Waals surface area (Å²) >= 11 is 6.72. The van der Waals surface area contributed by atoms with Crippen LogP contribution >= 0.6 is 11.6 Å². The summed E-state index contributed by atoms with van der Waals surface area (Å²) in [6.07, 6.45) is 21.1. The summed E-state index contributed by atoms with van der Waals surface area (Å²) in [5, 5.41) is 8.48. The molecule has 4 aromatic heterocycles. The summed E-state index contributed by atoms with van der Waals surface area (Å²) < 4.78 is 4.26. The van der Waals surface area contributed by atoms with Gasteiger partial charge in [0.15, 0.2) is 0 Å². The number of aryl methyl sites for hydroxylation is 3. The Morgan fingerprint density at radius 2 is 1.00 bits per heavy atom. The van der Waals surface area contributed by atoms with Crippen LogP contribution in [0.2, 0.25) is 5.02 Å². The molecule has 2 N–H and O–H groups in total. The largest absolute Gasteiger partial charge is 0.336 e. The van der Waals surface area contributed by atoms with Crippen molar-refractivity contribution in [1.82, 2.24) is 49.5 Å². The molecule has 0 spiro atoms. The zero-order valence-corrected chi connectivity index (χ0v) is 47.4. The molecule has 0 amide bonds. The first-order chi connectivity index (χ1) is 35.4. The van der Waals surface area contributed by atoms with Crippen LogP contribution in [0.3, 0.4) is 0 Å². The highest BCUT2D eigenvalue weighted by atomic mass is 35.5. The quantitative estimate of drug-likeness (QED) is 0.125. The molecule has 2 fully saturated rings. The third-order valence-electron chi connectivity index (χ3n) is 17.3. The Hall–Kier alpha value is -5.23. The number of halogens is 1. The molecule has 2 aromatic carbocycles. The lowest BCUT2D eigenvalue weighted by Crippen LogP contribution is -2.45. The van der Waals surface area contributed by atoms with Gasteiger partial charge in [-0.2, -0.15) is 0 Å². The summed E-state index contributed by atoms with van der Waals surface area (Å²) in [6, 6.07) is 24.0. The average Bonchev–Trinajstić information content (AvgIpc) is 3.97. The maximum Gasteiger partial charge on any atom is 0.0946 e. The first-order valence-electron chi connectivity index (χ1n) is 27.6. The number of fused-ring (bicyclic) bond motifs is 4. The lowest BCUT2D eigenvalue weighted by atomic mass is 9.64. The smallest absolute Gasteiger partial charge is 0.0946 e. The maximum absolute atomic E-state index is 6.72. The molecule has 10 rings (SSSR count). The van der Waals surface area contributed by atoms with E-state index in [1.165, 1.54) is 80.0 Å². The van der Waals surface area contributed by atoms with Crippen LogP contribution in [0, 0.1) is 18.8 Å². The van der Waals surface area contributed by atoms with E-state index >= 15 is 0 Å². The number of piperidine rings is 2. The Morgan fingerprint density at radius 1 is 0.581 bits per heavy atom. The molecule has 392 valence electrons. The van der Waals surface area contributed by atoms with Gasteiger partial charge in [0.25, 0.3) is 0 Å². The molecule has 4 atom stereocenters. The van der Waals surface area contributed by atoms with Crippen molar-refractivity contribution >= 4 is 34.9 Å². The number of hydrogen-bond acceptors (Lipinski definition) is 8. The molecule has 4 aliphatic rings. The van der Waals surface area contributed by atoms with Crippen molar-refractivity contribution in [2.45, 2.75) is 149 Å². The Balaban J connectivity index is 0.000000182. The van der Waals surface area contributed by atoms with Crippen LogP contribution in [0.15, 0.2) is 98.1 Å². The second-order valence-corrected chi connectivity index (χ2v) is 23.8. The molecule has 11 heteroatoms. The third kappa shape index (κ3) is 10.4. The second kappa shape index (κ2) is 22.2. The Morgan fingerprint density at radius 3 is 1.39 bits per heavy atom. The van der Waals surface area contributed by atoms with E-state index in [4.69, 9.17) is 21.6 Å². The minimum Gasteiger partial charge on any atom is -0.336 e. The van der Waals surface area contributed by atoms with Gasteiger partial charge in [-0.05, 0) is 221 Å². The third-order valence-corrected chi connectivity index (χ3v) is 17.5. The van der Waals surface area contributed by atoms with Gasteiger partial charge < -0.3 is 29.6 Å². The van der Waals surface area contributed by atoms with Crippen molar-refractivity contribution in [3.05, 3.63) is 165 Å². The van der Waals surface area contributed by atoms with Crippen LogP contribution < -0.4 is 10.6 Å². The highest BCUT2D eigenvalue weighted by Gasteiger charge is 2.47. The van der Waals surface area contributed by atoms with Gasteiger partial charge in [0.05, 0.1) is 59.9 Å². The fourth-order valence-corrected chi connectivity index (χ4v) is 13.3. The molecule has 10 nitrogen and oxygen atoms in total. The van der Waals surface area contributed by atoms with E-state index in [1.54, 1.807) is 0 Å². The molecule has 2 saturated heterocycles. The molecule has 74 heavy (non-hydrogen) atoms. The number of hydrogen-bond donors (Lipinski definition) is 2. The maximum atomic E-state index is 6.72. The van der Waals surface area contributed by atoms with Gasteiger partial charge in [-0.15, -0.1) is 0 Å². The predicted molar refractivity (Wildman–Crippen MR) is 307 cm³/mol. The van der Waals surface area contributed by atoms with Gasteiger partial charge in [-0.3, -0.25) is 9.97 Å². The Kier molecular flexibility index (Phi) is 16.0. The predicted octanol–water partition coefficient (Wildman–Crippen LogP) is 12.6. The van der Waals surface area contributed by atoms with Crippen molar-refractivity contribution < 1.29 is 0 Å². The highest BCUT2D eigenvalue weighted by Crippen LogP contribution is 2.53. The molecule has 0 radical (unpaired) electrons. The molecule has 2 aliphatic heterocycles. The summed E-state index contributed by atoms with van der Waals surface area (Å²) in [6.45, 7) is 29.7.